The Labute approximate surface area is 148 Å². The largest absolute Gasteiger partial charge is 0.465 e. The number of benzene rings is 2. The van der Waals surface area contributed by atoms with E-state index in [0.717, 1.165) is 11.1 Å². The van der Waals surface area contributed by atoms with Gasteiger partial charge >= 0.3 is 5.97 Å². The molecule has 2 aromatic rings. The van der Waals surface area contributed by atoms with Gasteiger partial charge in [-0.05, 0) is 18.1 Å². The molecule has 2 N–H and O–H groups in total. The van der Waals surface area contributed by atoms with E-state index in [0.29, 0.717) is 26.4 Å². The summed E-state index contributed by atoms with van der Waals surface area (Å²) in [6.45, 7) is 3.83. The Balaban J connectivity index is 0.000000212. The highest BCUT2D eigenvalue weighted by Gasteiger charge is 2.43. The lowest BCUT2D eigenvalue weighted by Crippen LogP contribution is -2.16. The predicted octanol–water partition coefficient (Wildman–Crippen LogP) is 2.44. The van der Waals surface area contributed by atoms with Crippen LogP contribution in [0.3, 0.4) is 0 Å². The van der Waals surface area contributed by atoms with E-state index < -0.39 is 0 Å². The fourth-order valence-electron chi connectivity index (χ4n) is 2.10. The minimum Gasteiger partial charge on any atom is -0.465 e. The number of carbonyl (C=O) groups is 1. The molecule has 2 atom stereocenters. The Morgan fingerprint density at radius 2 is 1.60 bits per heavy atom. The fraction of sp³-hybridized carbons (Fsp3) is 0.316. The quantitative estimate of drug-likeness (QED) is 0.472. The Hall–Kier alpha value is -2.25. The van der Waals surface area contributed by atoms with E-state index in [2.05, 4.69) is 4.84 Å². The van der Waals surface area contributed by atoms with Gasteiger partial charge in [0.15, 0.2) is 0 Å². The molecule has 1 fully saturated rings. The number of nitrogens with two attached hydrogens (primary N) is 1. The van der Waals surface area contributed by atoms with Crippen LogP contribution in [0.5, 0.6) is 0 Å². The molecule has 25 heavy (non-hydrogen) atoms. The third-order valence-corrected chi connectivity index (χ3v) is 3.46. The van der Waals surface area contributed by atoms with Crippen molar-refractivity contribution in [2.75, 3.05) is 13.2 Å². The van der Waals surface area contributed by atoms with E-state index in [4.69, 9.17) is 15.5 Å². The Morgan fingerprint density at radius 3 is 2.12 bits per heavy atom. The molecule has 0 radical (unpaired) electrons. The van der Waals surface area contributed by atoms with E-state index in [1.54, 1.807) is 12.0 Å². The van der Waals surface area contributed by atoms with Gasteiger partial charge in [0.2, 0.25) is 0 Å². The zero-order valence-electron chi connectivity index (χ0n) is 14.3. The lowest BCUT2D eigenvalue weighted by Gasteiger charge is -2.05. The highest BCUT2D eigenvalue weighted by molar-refractivity contribution is 5.78. The van der Waals surface area contributed by atoms with Gasteiger partial charge < -0.3 is 4.74 Å². The molecule has 6 nitrogen and oxygen atoms in total. The predicted molar refractivity (Wildman–Crippen MR) is 93.8 cm³/mol. The number of rotatable bonds is 7. The zero-order valence-corrected chi connectivity index (χ0v) is 14.3. The highest BCUT2D eigenvalue weighted by Crippen LogP contribution is 2.20. The van der Waals surface area contributed by atoms with Gasteiger partial charge in [-0.3, -0.25) is 14.5 Å². The molecule has 2 aromatic carbocycles. The minimum absolute atomic E-state index is 0.199. The second-order valence-electron chi connectivity index (χ2n) is 5.42. The number of esters is 1. The second kappa shape index (κ2) is 10.6. The van der Waals surface area contributed by atoms with Gasteiger partial charge in [0.1, 0.15) is 6.04 Å². The second-order valence-corrected chi connectivity index (χ2v) is 5.42. The molecule has 1 saturated heterocycles. The monoisotopic (exact) mass is 344 g/mol. The van der Waals surface area contributed by atoms with E-state index in [1.165, 1.54) is 0 Å². The van der Waals surface area contributed by atoms with Gasteiger partial charge in [0.05, 0.1) is 26.4 Å². The molecule has 6 heteroatoms. The SMILES string of the molecule is CCOC(=O)C1CN1OCc1ccccc1.NOCc1ccccc1. The van der Waals surface area contributed by atoms with Crippen molar-refractivity contribution in [1.82, 2.24) is 5.06 Å². The Bertz CT molecular complexity index is 622. The van der Waals surface area contributed by atoms with Gasteiger partial charge in [0, 0.05) is 0 Å². The molecule has 1 heterocycles. The summed E-state index contributed by atoms with van der Waals surface area (Å²) in [5.41, 5.74) is 2.19. The molecule has 0 amide bonds. The van der Waals surface area contributed by atoms with Gasteiger partial charge in [-0.2, -0.15) is 5.06 Å². The highest BCUT2D eigenvalue weighted by atomic mass is 16.7. The average molecular weight is 344 g/mol. The third kappa shape index (κ3) is 7.03. The fourth-order valence-corrected chi connectivity index (χ4v) is 2.10. The summed E-state index contributed by atoms with van der Waals surface area (Å²) in [6, 6.07) is 19.5. The summed E-state index contributed by atoms with van der Waals surface area (Å²) in [4.78, 5) is 21.2. The van der Waals surface area contributed by atoms with E-state index >= 15 is 0 Å². The molecular formula is C19H24N2O4. The van der Waals surface area contributed by atoms with Crippen molar-refractivity contribution >= 4 is 5.97 Å². The van der Waals surface area contributed by atoms with Gasteiger partial charge in [-0.25, -0.2) is 5.90 Å². The van der Waals surface area contributed by atoms with Crippen LogP contribution < -0.4 is 5.90 Å². The molecule has 0 aromatic heterocycles. The lowest BCUT2D eigenvalue weighted by atomic mass is 10.2. The van der Waals surface area contributed by atoms with Gasteiger partial charge in [-0.15, -0.1) is 0 Å². The minimum atomic E-state index is -0.205. The number of carbonyl (C=O) groups excluding carboxylic acids is 1. The number of ether oxygens (including phenoxy) is 1. The summed E-state index contributed by atoms with van der Waals surface area (Å²) < 4.78 is 4.89. The van der Waals surface area contributed by atoms with Crippen molar-refractivity contribution in [2.45, 2.75) is 26.2 Å². The standard InChI is InChI=1S/C12H15NO3.C7H9NO/c1-2-15-12(14)11-8-13(11)16-9-10-6-4-3-5-7-10;8-9-6-7-4-2-1-3-5-7/h3-7,11H,2,8-9H2,1H3;1-5H,6,8H2. The van der Waals surface area contributed by atoms with Crippen molar-refractivity contribution in [2.24, 2.45) is 5.90 Å². The van der Waals surface area contributed by atoms with Crippen LogP contribution >= 0.6 is 0 Å². The van der Waals surface area contributed by atoms with Crippen LogP contribution in [0.2, 0.25) is 0 Å². The van der Waals surface area contributed by atoms with Crippen LogP contribution in [0, 0.1) is 0 Å². The van der Waals surface area contributed by atoms with Crippen LogP contribution in [0.1, 0.15) is 18.1 Å². The molecule has 1 aliphatic rings. The first-order valence-corrected chi connectivity index (χ1v) is 8.20. The molecule has 0 saturated carbocycles. The molecule has 0 bridgehead atoms. The van der Waals surface area contributed by atoms with Crippen LogP contribution in [0.25, 0.3) is 0 Å². The number of hydroxylamine groups is 2. The van der Waals surface area contributed by atoms with Crippen molar-refractivity contribution in [3.05, 3.63) is 71.8 Å². The number of hydrogen-bond donors (Lipinski definition) is 1. The molecule has 1 aliphatic heterocycles. The maximum atomic E-state index is 11.3. The first kappa shape index (κ1) is 19.1. The maximum absolute atomic E-state index is 11.3. The summed E-state index contributed by atoms with van der Waals surface area (Å²) >= 11 is 0. The van der Waals surface area contributed by atoms with Crippen molar-refractivity contribution in [1.29, 1.82) is 0 Å². The molecule has 2 unspecified atom stereocenters. The summed E-state index contributed by atoms with van der Waals surface area (Å²) in [6.07, 6.45) is 0. The van der Waals surface area contributed by atoms with Gasteiger partial charge in [0.25, 0.3) is 0 Å². The first-order valence-electron chi connectivity index (χ1n) is 8.20. The molecule has 0 aliphatic carbocycles. The average Bonchev–Trinajstić information content (AvgIpc) is 3.43. The maximum Gasteiger partial charge on any atom is 0.327 e. The molecular weight excluding hydrogens is 320 g/mol. The van der Waals surface area contributed by atoms with Crippen LogP contribution in [0.15, 0.2) is 60.7 Å². The Morgan fingerprint density at radius 1 is 1.04 bits per heavy atom. The molecule has 3 rings (SSSR count). The number of nitrogens with zero attached hydrogens (tertiary/aromatic N) is 1. The summed E-state index contributed by atoms with van der Waals surface area (Å²) in [5.74, 6) is 4.66. The zero-order chi connectivity index (χ0) is 17.9. The van der Waals surface area contributed by atoms with E-state index in [1.807, 2.05) is 60.7 Å². The molecule has 134 valence electrons. The topological polar surface area (TPSA) is 73.8 Å². The molecule has 0 spiro atoms. The van der Waals surface area contributed by atoms with Crippen LogP contribution in [0.4, 0.5) is 0 Å². The van der Waals surface area contributed by atoms with Gasteiger partial charge in [-0.1, -0.05) is 60.7 Å². The summed E-state index contributed by atoms with van der Waals surface area (Å²) in [5, 5.41) is 1.64. The normalized spacial score (nSPS) is 18.0. The first-order chi connectivity index (χ1) is 12.2. The van der Waals surface area contributed by atoms with E-state index in [9.17, 15) is 4.79 Å². The van der Waals surface area contributed by atoms with Crippen molar-refractivity contribution in [3.63, 3.8) is 0 Å². The number of hydrogen-bond acceptors (Lipinski definition) is 6. The third-order valence-electron chi connectivity index (χ3n) is 3.46. The van der Waals surface area contributed by atoms with Crippen LogP contribution in [-0.2, 0) is 32.4 Å². The smallest absolute Gasteiger partial charge is 0.327 e. The van der Waals surface area contributed by atoms with Crippen molar-refractivity contribution < 1.29 is 19.2 Å². The van der Waals surface area contributed by atoms with E-state index in [-0.39, 0.29) is 12.0 Å². The lowest BCUT2D eigenvalue weighted by molar-refractivity contribution is -0.151. The van der Waals surface area contributed by atoms with Crippen molar-refractivity contribution in [3.8, 4) is 0 Å². The van der Waals surface area contributed by atoms with Crippen LogP contribution in [-0.4, -0.2) is 30.2 Å². The Kier molecular flexibility index (Phi) is 8.08. The summed E-state index contributed by atoms with van der Waals surface area (Å²) in [7, 11) is 0.